The molecule has 4 rings (SSSR count). The standard InChI is InChI=1S/C28H28F2N6O3/c1-28(2,3)31-27(38)25(18-7-15-23(39-4)16-8-18)36(22-13-11-21(30)12-14-22)24(37)17-35-33-26(32-34-35)19-5-9-20(29)10-6-19/h5-16,25H,17H2,1-4H3,(H,31,38)/t25-/m0/s1. The number of halogens is 2. The molecule has 0 bridgehead atoms. The molecule has 0 aliphatic carbocycles. The van der Waals surface area contributed by atoms with Gasteiger partial charge in [0.2, 0.25) is 11.7 Å². The lowest BCUT2D eigenvalue weighted by Crippen LogP contribution is -2.50. The van der Waals surface area contributed by atoms with Crippen LogP contribution in [-0.2, 0) is 16.1 Å². The number of nitrogens with zero attached hydrogens (tertiary/aromatic N) is 5. The number of hydrogen-bond donors (Lipinski definition) is 1. The van der Waals surface area contributed by atoms with E-state index in [4.69, 9.17) is 4.74 Å². The van der Waals surface area contributed by atoms with Gasteiger partial charge >= 0.3 is 0 Å². The van der Waals surface area contributed by atoms with Crippen LogP contribution >= 0.6 is 0 Å². The van der Waals surface area contributed by atoms with E-state index in [1.807, 2.05) is 20.8 Å². The van der Waals surface area contributed by atoms with Gasteiger partial charge in [-0.2, -0.15) is 4.80 Å². The Hall–Kier alpha value is -4.67. The first kappa shape index (κ1) is 27.4. The fraction of sp³-hybridized carbons (Fsp3) is 0.250. The second-order valence-corrected chi connectivity index (χ2v) is 9.81. The van der Waals surface area contributed by atoms with Gasteiger partial charge < -0.3 is 10.1 Å². The monoisotopic (exact) mass is 534 g/mol. The lowest BCUT2D eigenvalue weighted by atomic mass is 10.0. The molecule has 3 aromatic carbocycles. The number of carbonyl (C=O) groups excluding carboxylic acids is 2. The molecule has 1 heterocycles. The summed E-state index contributed by atoms with van der Waals surface area (Å²) >= 11 is 0. The van der Waals surface area contributed by atoms with Gasteiger partial charge in [0.15, 0.2) is 0 Å². The number of anilines is 1. The van der Waals surface area contributed by atoms with Gasteiger partial charge in [-0.1, -0.05) is 12.1 Å². The van der Waals surface area contributed by atoms with E-state index in [9.17, 15) is 18.4 Å². The van der Waals surface area contributed by atoms with Crippen LogP contribution in [0.4, 0.5) is 14.5 Å². The predicted molar refractivity (Wildman–Crippen MR) is 141 cm³/mol. The Labute approximate surface area is 224 Å². The van der Waals surface area contributed by atoms with Gasteiger partial charge in [0.25, 0.3) is 5.91 Å². The number of methoxy groups -OCH3 is 1. The van der Waals surface area contributed by atoms with Crippen LogP contribution in [0.1, 0.15) is 32.4 Å². The minimum atomic E-state index is -1.12. The number of aromatic nitrogens is 4. The molecule has 0 unspecified atom stereocenters. The van der Waals surface area contributed by atoms with Crippen molar-refractivity contribution in [1.82, 2.24) is 25.5 Å². The van der Waals surface area contributed by atoms with Crippen molar-refractivity contribution >= 4 is 17.5 Å². The Morgan fingerprint density at radius 3 is 2.10 bits per heavy atom. The number of ether oxygens (including phenoxy) is 1. The molecule has 0 aliphatic heterocycles. The van der Waals surface area contributed by atoms with E-state index in [2.05, 4.69) is 20.7 Å². The highest BCUT2D eigenvalue weighted by atomic mass is 19.1. The van der Waals surface area contributed by atoms with E-state index in [0.29, 0.717) is 22.6 Å². The minimum Gasteiger partial charge on any atom is -0.497 e. The largest absolute Gasteiger partial charge is 0.497 e. The summed E-state index contributed by atoms with van der Waals surface area (Å²) < 4.78 is 32.4. The van der Waals surface area contributed by atoms with Crippen molar-refractivity contribution in [3.8, 4) is 17.1 Å². The van der Waals surface area contributed by atoms with Gasteiger partial charge in [-0.3, -0.25) is 14.5 Å². The third kappa shape index (κ3) is 6.81. The van der Waals surface area contributed by atoms with Crippen LogP contribution in [0, 0.1) is 11.6 Å². The van der Waals surface area contributed by atoms with Gasteiger partial charge in [-0.15, -0.1) is 10.2 Å². The fourth-order valence-electron chi connectivity index (χ4n) is 3.90. The first-order valence-corrected chi connectivity index (χ1v) is 12.1. The maximum atomic E-state index is 13.8. The van der Waals surface area contributed by atoms with E-state index < -0.39 is 35.0 Å². The van der Waals surface area contributed by atoms with E-state index in [1.165, 1.54) is 60.5 Å². The summed E-state index contributed by atoms with van der Waals surface area (Å²) in [7, 11) is 1.53. The fourth-order valence-corrected chi connectivity index (χ4v) is 3.90. The Balaban J connectivity index is 1.74. The van der Waals surface area contributed by atoms with Crippen molar-refractivity contribution in [2.24, 2.45) is 0 Å². The van der Waals surface area contributed by atoms with Crippen LogP contribution in [0.3, 0.4) is 0 Å². The number of hydrogen-bond acceptors (Lipinski definition) is 6. The number of tetrazole rings is 1. The molecule has 2 amide bonds. The van der Waals surface area contributed by atoms with Crippen LogP contribution in [0.15, 0.2) is 72.8 Å². The summed E-state index contributed by atoms with van der Waals surface area (Å²) in [5.41, 5.74) is 0.724. The third-order valence-electron chi connectivity index (χ3n) is 5.64. The predicted octanol–water partition coefficient (Wildman–Crippen LogP) is 4.32. The molecule has 1 aromatic heterocycles. The molecule has 1 N–H and O–H groups in total. The Morgan fingerprint density at radius 2 is 1.54 bits per heavy atom. The van der Waals surface area contributed by atoms with Gasteiger partial charge in [0.1, 0.15) is 30.0 Å². The molecule has 9 nitrogen and oxygen atoms in total. The molecular formula is C28H28F2N6O3. The highest BCUT2D eigenvalue weighted by molar-refractivity contribution is 6.01. The second-order valence-electron chi connectivity index (χ2n) is 9.81. The first-order valence-electron chi connectivity index (χ1n) is 12.1. The summed E-state index contributed by atoms with van der Waals surface area (Å²) in [5.74, 6) is -1.11. The third-order valence-corrected chi connectivity index (χ3v) is 5.64. The van der Waals surface area contributed by atoms with Crippen LogP contribution in [0.5, 0.6) is 5.75 Å². The number of carbonyl (C=O) groups is 2. The molecule has 0 radical (unpaired) electrons. The van der Waals surface area contributed by atoms with Gasteiger partial charge in [0, 0.05) is 16.8 Å². The number of amides is 2. The normalized spacial score (nSPS) is 12.1. The molecule has 0 fully saturated rings. The maximum absolute atomic E-state index is 13.8. The Morgan fingerprint density at radius 1 is 0.949 bits per heavy atom. The van der Waals surface area contributed by atoms with E-state index in [1.54, 1.807) is 24.3 Å². The van der Waals surface area contributed by atoms with Crippen LogP contribution in [-0.4, -0.2) is 44.7 Å². The molecule has 0 spiro atoms. The van der Waals surface area contributed by atoms with Crippen molar-refractivity contribution in [1.29, 1.82) is 0 Å². The zero-order valence-corrected chi connectivity index (χ0v) is 21.9. The molecule has 202 valence electrons. The quantitative estimate of drug-likeness (QED) is 0.361. The Kier molecular flexibility index (Phi) is 7.99. The van der Waals surface area contributed by atoms with Crippen molar-refractivity contribution in [3.63, 3.8) is 0 Å². The molecule has 1 atom stereocenters. The van der Waals surface area contributed by atoms with Gasteiger partial charge in [-0.05, 0) is 92.2 Å². The SMILES string of the molecule is COc1ccc([C@@H](C(=O)NC(C)(C)C)N(C(=O)Cn2nnc(-c3ccc(F)cc3)n2)c2ccc(F)cc2)cc1. The van der Waals surface area contributed by atoms with Gasteiger partial charge in [-0.25, -0.2) is 8.78 Å². The minimum absolute atomic E-state index is 0.202. The zero-order valence-electron chi connectivity index (χ0n) is 21.9. The number of nitrogens with one attached hydrogen (secondary N) is 1. The zero-order chi connectivity index (χ0) is 28.2. The molecule has 0 saturated carbocycles. The van der Waals surface area contributed by atoms with Crippen molar-refractivity contribution < 1.29 is 23.1 Å². The molecule has 0 saturated heterocycles. The van der Waals surface area contributed by atoms with Crippen LogP contribution in [0.25, 0.3) is 11.4 Å². The number of benzene rings is 3. The summed E-state index contributed by atoms with van der Waals surface area (Å²) in [4.78, 5) is 29.9. The highest BCUT2D eigenvalue weighted by Crippen LogP contribution is 2.30. The highest BCUT2D eigenvalue weighted by Gasteiger charge is 2.35. The van der Waals surface area contributed by atoms with Crippen molar-refractivity contribution in [2.75, 3.05) is 12.0 Å². The second kappa shape index (κ2) is 11.4. The van der Waals surface area contributed by atoms with Crippen molar-refractivity contribution in [2.45, 2.75) is 38.9 Å². The van der Waals surface area contributed by atoms with Crippen LogP contribution in [0.2, 0.25) is 0 Å². The molecule has 0 aliphatic rings. The topological polar surface area (TPSA) is 102 Å². The number of rotatable bonds is 8. The molecule has 11 heteroatoms. The van der Waals surface area contributed by atoms with E-state index >= 15 is 0 Å². The summed E-state index contributed by atoms with van der Waals surface area (Å²) in [6.07, 6.45) is 0. The smallest absolute Gasteiger partial charge is 0.251 e. The summed E-state index contributed by atoms with van der Waals surface area (Å²) in [6.45, 7) is 5.12. The van der Waals surface area contributed by atoms with Gasteiger partial charge in [0.05, 0.1) is 7.11 Å². The molecular weight excluding hydrogens is 506 g/mol. The lowest BCUT2D eigenvalue weighted by Gasteiger charge is -2.33. The molecule has 4 aromatic rings. The average molecular weight is 535 g/mol. The van der Waals surface area contributed by atoms with E-state index in [-0.39, 0.29) is 12.4 Å². The Bertz CT molecular complexity index is 1430. The summed E-state index contributed by atoms with van der Waals surface area (Å²) in [5, 5.41) is 15.1. The van der Waals surface area contributed by atoms with Crippen molar-refractivity contribution in [3.05, 3.63) is 90.0 Å². The summed E-state index contributed by atoms with van der Waals surface area (Å²) in [6, 6.07) is 16.4. The maximum Gasteiger partial charge on any atom is 0.251 e. The van der Waals surface area contributed by atoms with Crippen LogP contribution < -0.4 is 15.0 Å². The average Bonchev–Trinajstić information content (AvgIpc) is 3.35. The molecule has 39 heavy (non-hydrogen) atoms. The lowest BCUT2D eigenvalue weighted by molar-refractivity contribution is -0.128. The van der Waals surface area contributed by atoms with E-state index in [0.717, 1.165) is 4.80 Å². The first-order chi connectivity index (χ1) is 18.5.